The molecule has 2 heterocycles. The van der Waals surface area contributed by atoms with Gasteiger partial charge in [0.05, 0.1) is 5.02 Å². The number of carbonyl (C=O) groups is 1. The van der Waals surface area contributed by atoms with E-state index in [0.29, 0.717) is 30.6 Å². The Labute approximate surface area is 173 Å². The minimum Gasteiger partial charge on any atom is -0.335 e. The summed E-state index contributed by atoms with van der Waals surface area (Å²) < 4.78 is 27.7. The standard InChI is InChI=1S/C21H29ClN2O3S/c22-18-11-10-17(15-20(18)28(26,27)23-12-4-1-5-13-23)21(25)24-14-6-8-16-7-2-3-9-19(16)24/h10-11,15-16,19H,1-9,12-14H2. The van der Waals surface area contributed by atoms with Crippen LogP contribution in [-0.4, -0.2) is 49.2 Å². The summed E-state index contributed by atoms with van der Waals surface area (Å²) in [5.74, 6) is 0.540. The summed E-state index contributed by atoms with van der Waals surface area (Å²) in [6, 6.07) is 5.04. The molecule has 4 rings (SSSR count). The fourth-order valence-corrected chi connectivity index (χ4v) is 7.14. The van der Waals surface area contributed by atoms with E-state index in [2.05, 4.69) is 0 Å². The largest absolute Gasteiger partial charge is 0.335 e. The fourth-order valence-electron chi connectivity index (χ4n) is 5.12. The Morgan fingerprint density at radius 3 is 2.43 bits per heavy atom. The minimum absolute atomic E-state index is 0.0524. The third-order valence-corrected chi connectivity index (χ3v) is 9.00. The number of hydrogen-bond donors (Lipinski definition) is 0. The smallest absolute Gasteiger partial charge is 0.254 e. The highest BCUT2D eigenvalue weighted by Crippen LogP contribution is 2.36. The van der Waals surface area contributed by atoms with Gasteiger partial charge in [-0.25, -0.2) is 8.42 Å². The lowest BCUT2D eigenvalue weighted by atomic mass is 9.78. The van der Waals surface area contributed by atoms with Crippen molar-refractivity contribution in [2.24, 2.45) is 5.92 Å². The van der Waals surface area contributed by atoms with Gasteiger partial charge in [-0.3, -0.25) is 4.79 Å². The van der Waals surface area contributed by atoms with Crippen molar-refractivity contribution in [2.75, 3.05) is 19.6 Å². The molecule has 7 heteroatoms. The van der Waals surface area contributed by atoms with Gasteiger partial charge in [0.1, 0.15) is 4.90 Å². The molecule has 3 aliphatic rings. The molecule has 3 fully saturated rings. The summed E-state index contributed by atoms with van der Waals surface area (Å²) in [6.45, 7) is 1.80. The highest BCUT2D eigenvalue weighted by molar-refractivity contribution is 7.89. The molecule has 1 aromatic rings. The Morgan fingerprint density at radius 1 is 0.929 bits per heavy atom. The topological polar surface area (TPSA) is 57.7 Å². The van der Waals surface area contributed by atoms with Crippen LogP contribution >= 0.6 is 11.6 Å². The number of carbonyl (C=O) groups excluding carboxylic acids is 1. The molecule has 0 spiro atoms. The second kappa shape index (κ2) is 8.33. The second-order valence-electron chi connectivity index (χ2n) is 8.36. The van der Waals surface area contributed by atoms with Crippen LogP contribution < -0.4 is 0 Å². The van der Waals surface area contributed by atoms with E-state index in [1.165, 1.54) is 36.1 Å². The van der Waals surface area contributed by atoms with Crippen LogP contribution in [0.15, 0.2) is 23.1 Å². The third kappa shape index (κ3) is 3.83. The Morgan fingerprint density at radius 2 is 1.64 bits per heavy atom. The van der Waals surface area contributed by atoms with Gasteiger partial charge < -0.3 is 4.90 Å². The van der Waals surface area contributed by atoms with Crippen LogP contribution in [0.3, 0.4) is 0 Å². The van der Waals surface area contributed by atoms with Crippen molar-refractivity contribution >= 4 is 27.5 Å². The van der Waals surface area contributed by atoms with E-state index in [0.717, 1.165) is 38.6 Å². The number of rotatable bonds is 3. The fraction of sp³-hybridized carbons (Fsp3) is 0.667. The molecule has 2 atom stereocenters. The van der Waals surface area contributed by atoms with Crippen molar-refractivity contribution in [3.8, 4) is 0 Å². The van der Waals surface area contributed by atoms with E-state index in [1.54, 1.807) is 12.1 Å². The van der Waals surface area contributed by atoms with E-state index in [4.69, 9.17) is 11.6 Å². The van der Waals surface area contributed by atoms with Crippen LogP contribution in [0.25, 0.3) is 0 Å². The maximum Gasteiger partial charge on any atom is 0.254 e. The molecule has 5 nitrogen and oxygen atoms in total. The summed E-state index contributed by atoms with van der Waals surface area (Å²) in [5.41, 5.74) is 0.436. The average Bonchev–Trinajstić information content (AvgIpc) is 2.73. The van der Waals surface area contributed by atoms with Crippen LogP contribution in [0.2, 0.25) is 5.02 Å². The number of fused-ring (bicyclic) bond motifs is 1. The lowest BCUT2D eigenvalue weighted by molar-refractivity contribution is 0.0390. The van der Waals surface area contributed by atoms with Crippen LogP contribution in [0.1, 0.15) is 68.1 Å². The Balaban J connectivity index is 1.62. The van der Waals surface area contributed by atoms with Crippen molar-refractivity contribution in [3.63, 3.8) is 0 Å². The number of nitrogens with zero attached hydrogens (tertiary/aromatic N) is 2. The lowest BCUT2D eigenvalue weighted by Crippen LogP contribution is -2.49. The van der Waals surface area contributed by atoms with Crippen molar-refractivity contribution < 1.29 is 13.2 Å². The molecular weight excluding hydrogens is 396 g/mol. The van der Waals surface area contributed by atoms with Gasteiger partial charge in [0.25, 0.3) is 5.91 Å². The number of likely N-dealkylation sites (tertiary alicyclic amines) is 1. The number of benzene rings is 1. The first kappa shape index (κ1) is 20.2. The van der Waals surface area contributed by atoms with E-state index in [9.17, 15) is 13.2 Å². The molecule has 1 aliphatic carbocycles. The summed E-state index contributed by atoms with van der Waals surface area (Å²) in [5, 5.41) is 0.191. The molecule has 0 aromatic heterocycles. The highest BCUT2D eigenvalue weighted by Gasteiger charge is 2.36. The van der Waals surface area contributed by atoms with Gasteiger partial charge >= 0.3 is 0 Å². The van der Waals surface area contributed by atoms with Gasteiger partial charge in [-0.15, -0.1) is 0 Å². The SMILES string of the molecule is O=C(c1ccc(Cl)c(S(=O)(=O)N2CCCCC2)c1)N1CCCC2CCCCC21. The normalized spacial score (nSPS) is 26.7. The van der Waals surface area contributed by atoms with E-state index >= 15 is 0 Å². The minimum atomic E-state index is -3.67. The molecule has 1 saturated carbocycles. The molecule has 0 bridgehead atoms. The quantitative estimate of drug-likeness (QED) is 0.726. The highest BCUT2D eigenvalue weighted by atomic mass is 35.5. The molecule has 154 valence electrons. The predicted molar refractivity (Wildman–Crippen MR) is 110 cm³/mol. The van der Waals surface area contributed by atoms with Gasteiger partial charge in [-0.1, -0.05) is 30.9 Å². The molecule has 0 radical (unpaired) electrons. The molecule has 2 unspecified atom stereocenters. The number of piperidine rings is 2. The molecule has 1 aromatic carbocycles. The van der Waals surface area contributed by atoms with Crippen LogP contribution in [0, 0.1) is 5.92 Å². The second-order valence-corrected chi connectivity index (χ2v) is 10.7. The van der Waals surface area contributed by atoms with Crippen LogP contribution in [0.5, 0.6) is 0 Å². The Kier molecular flexibility index (Phi) is 6.00. The number of halogens is 1. The average molecular weight is 425 g/mol. The molecule has 2 aliphatic heterocycles. The number of sulfonamides is 1. The predicted octanol–water partition coefficient (Wildman–Crippen LogP) is 4.31. The number of hydrogen-bond acceptors (Lipinski definition) is 3. The van der Waals surface area contributed by atoms with E-state index < -0.39 is 10.0 Å². The molecular formula is C21H29ClN2O3S. The summed E-state index contributed by atoms with van der Waals surface area (Å²) in [6.07, 6.45) is 9.69. The first-order valence-corrected chi connectivity index (χ1v) is 12.4. The van der Waals surface area contributed by atoms with Gasteiger partial charge in [0.15, 0.2) is 0 Å². The first-order chi connectivity index (χ1) is 13.5. The number of amides is 1. The summed E-state index contributed by atoms with van der Waals surface area (Å²) in [4.78, 5) is 15.4. The zero-order valence-electron chi connectivity index (χ0n) is 16.3. The Bertz CT molecular complexity index is 834. The first-order valence-electron chi connectivity index (χ1n) is 10.6. The monoisotopic (exact) mass is 424 g/mol. The maximum absolute atomic E-state index is 13.3. The third-order valence-electron chi connectivity index (χ3n) is 6.62. The van der Waals surface area contributed by atoms with Crippen molar-refractivity contribution in [3.05, 3.63) is 28.8 Å². The van der Waals surface area contributed by atoms with Gasteiger partial charge in [-0.2, -0.15) is 4.31 Å². The molecule has 1 amide bonds. The van der Waals surface area contributed by atoms with E-state index in [-0.39, 0.29) is 15.8 Å². The van der Waals surface area contributed by atoms with Crippen LogP contribution in [0.4, 0.5) is 0 Å². The van der Waals surface area contributed by atoms with Gasteiger partial charge in [-0.05, 0) is 62.6 Å². The lowest BCUT2D eigenvalue weighted by Gasteiger charge is -2.44. The maximum atomic E-state index is 13.3. The van der Waals surface area contributed by atoms with E-state index in [1.807, 2.05) is 4.90 Å². The molecule has 28 heavy (non-hydrogen) atoms. The van der Waals surface area contributed by atoms with Crippen molar-refractivity contribution in [2.45, 2.75) is 68.7 Å². The zero-order chi connectivity index (χ0) is 19.7. The van der Waals surface area contributed by atoms with Gasteiger partial charge in [0.2, 0.25) is 10.0 Å². The zero-order valence-corrected chi connectivity index (χ0v) is 17.8. The molecule has 0 N–H and O–H groups in total. The van der Waals surface area contributed by atoms with Crippen molar-refractivity contribution in [1.29, 1.82) is 0 Å². The summed E-state index contributed by atoms with van der Waals surface area (Å²) in [7, 11) is -3.67. The Hall–Kier alpha value is -1.11. The van der Waals surface area contributed by atoms with Crippen molar-refractivity contribution in [1.82, 2.24) is 9.21 Å². The van der Waals surface area contributed by atoms with Gasteiger partial charge in [0, 0.05) is 31.2 Å². The van der Waals surface area contributed by atoms with Crippen LogP contribution in [-0.2, 0) is 10.0 Å². The summed E-state index contributed by atoms with van der Waals surface area (Å²) >= 11 is 6.27. The molecule has 2 saturated heterocycles.